The molecular formula is C22H34ClNO2S2Sn. The minimum absolute atomic E-state index is 0.557. The first kappa shape index (κ1) is 27.0. The normalized spacial score (nSPS) is 11.5. The molecule has 0 bridgehead atoms. The van der Waals surface area contributed by atoms with Crippen LogP contribution < -0.4 is 4.31 Å². The van der Waals surface area contributed by atoms with Crippen molar-refractivity contribution < 1.29 is 8.76 Å². The van der Waals surface area contributed by atoms with E-state index in [1.54, 1.807) is 49.7 Å². The van der Waals surface area contributed by atoms with Crippen LogP contribution in [0, 0.1) is 0 Å². The molecule has 0 saturated heterocycles. The van der Waals surface area contributed by atoms with Gasteiger partial charge in [-0.3, -0.25) is 8.51 Å². The minimum atomic E-state index is -2.36. The third-order valence-corrected chi connectivity index (χ3v) is 15.7. The van der Waals surface area contributed by atoms with Crippen LogP contribution in [0.4, 0.5) is 10.7 Å². The predicted molar refractivity (Wildman–Crippen MR) is 132 cm³/mol. The van der Waals surface area contributed by atoms with Gasteiger partial charge in [-0.25, -0.2) is 0 Å². The van der Waals surface area contributed by atoms with Gasteiger partial charge in [-0.05, 0) is 24.3 Å². The van der Waals surface area contributed by atoms with Crippen LogP contribution in [0.5, 0.6) is 0 Å². The Morgan fingerprint density at radius 1 is 0.931 bits per heavy atom. The van der Waals surface area contributed by atoms with Gasteiger partial charge in [0, 0.05) is 0 Å². The molecule has 1 aromatic heterocycles. The van der Waals surface area contributed by atoms with E-state index < -0.39 is 31.0 Å². The summed E-state index contributed by atoms with van der Waals surface area (Å²) < 4.78 is 29.2. The van der Waals surface area contributed by atoms with Crippen molar-refractivity contribution in [1.82, 2.24) is 0 Å². The molecule has 2 aromatic rings. The van der Waals surface area contributed by atoms with Gasteiger partial charge in [-0.1, -0.05) is 29.8 Å². The van der Waals surface area contributed by atoms with Gasteiger partial charge in [0.05, 0.1) is 21.3 Å². The Bertz CT molecular complexity index is 665. The summed E-state index contributed by atoms with van der Waals surface area (Å²) in [6.07, 6.45) is 8.85. The zero-order valence-corrected chi connectivity index (χ0v) is 23.1. The number of unbranched alkanes of at least 4 members (excludes halogenated alkanes) is 3. The zero-order chi connectivity index (χ0) is 21.5. The van der Waals surface area contributed by atoms with E-state index >= 15 is 0 Å². The summed E-state index contributed by atoms with van der Waals surface area (Å²) in [5.74, 6) is 0. The van der Waals surface area contributed by atoms with E-state index in [2.05, 4.69) is 20.8 Å². The fourth-order valence-corrected chi connectivity index (χ4v) is 14.1. The maximum atomic E-state index is 11.2. The van der Waals surface area contributed by atoms with Crippen molar-refractivity contribution in [3.63, 3.8) is 0 Å². The topological polar surface area (TPSA) is 43.4 Å². The van der Waals surface area contributed by atoms with Crippen LogP contribution in [0.2, 0.25) is 17.6 Å². The Labute approximate surface area is 196 Å². The second-order valence-electron chi connectivity index (χ2n) is 6.99. The summed E-state index contributed by atoms with van der Waals surface area (Å²) in [6, 6.07) is 12.2. The SMILES string of the molecule is CCC[CH2][Sn+]([CH2]CCC)[CH2]CCC.O=S([O-])N(c1ccccc1)c1ccc(Cl)s1. The van der Waals surface area contributed by atoms with Crippen molar-refractivity contribution in [2.75, 3.05) is 4.31 Å². The van der Waals surface area contributed by atoms with Crippen molar-refractivity contribution in [3.05, 3.63) is 46.8 Å². The van der Waals surface area contributed by atoms with Gasteiger partial charge >= 0.3 is 92.4 Å². The fraction of sp³-hybridized carbons (Fsp3) is 0.545. The van der Waals surface area contributed by atoms with E-state index in [0.717, 1.165) is 0 Å². The molecule has 0 saturated carbocycles. The van der Waals surface area contributed by atoms with E-state index in [1.807, 2.05) is 6.07 Å². The van der Waals surface area contributed by atoms with Crippen molar-refractivity contribution in [1.29, 1.82) is 0 Å². The molecule has 1 atom stereocenters. The number of halogens is 1. The second kappa shape index (κ2) is 16.6. The number of hydrogen-bond donors (Lipinski definition) is 0. The molecule has 2 rings (SSSR count). The maximum absolute atomic E-state index is 11.2. The minimum Gasteiger partial charge on any atom is -0.755 e. The molecule has 1 aromatic carbocycles. The van der Waals surface area contributed by atoms with Gasteiger partial charge in [-0.15, -0.1) is 11.3 Å². The third-order valence-electron chi connectivity index (χ3n) is 4.55. The predicted octanol–water partition coefficient (Wildman–Crippen LogP) is 8.22. The summed E-state index contributed by atoms with van der Waals surface area (Å²) >= 11 is 3.81. The standard InChI is InChI=1S/C10H8ClNO2S2.3C4H9.Sn/c11-9-6-7-10(15-9)12(16(13)14)8-4-2-1-3-5-8;3*1-3-4-2;/h1-7H,(H,13,14);3*1,3-4H2,2H3;/q;;;;+1/p-1. The van der Waals surface area contributed by atoms with Crippen LogP contribution in [0.1, 0.15) is 59.3 Å². The molecule has 7 heteroatoms. The number of nitrogens with zero attached hydrogens (tertiary/aromatic N) is 1. The van der Waals surface area contributed by atoms with Crippen LogP contribution in [-0.2, 0) is 11.3 Å². The summed E-state index contributed by atoms with van der Waals surface area (Å²) in [5, 5.41) is 0.574. The van der Waals surface area contributed by atoms with E-state index in [1.165, 1.54) is 54.2 Å². The number of anilines is 2. The van der Waals surface area contributed by atoms with Crippen LogP contribution >= 0.6 is 22.9 Å². The van der Waals surface area contributed by atoms with Crippen LogP contribution in [0.25, 0.3) is 0 Å². The molecular weight excluding hydrogens is 529 g/mol. The van der Waals surface area contributed by atoms with E-state index in [-0.39, 0.29) is 0 Å². The first-order chi connectivity index (χ1) is 14.0. The first-order valence-electron chi connectivity index (χ1n) is 10.6. The van der Waals surface area contributed by atoms with Crippen molar-refractivity contribution in [2.45, 2.75) is 72.6 Å². The zero-order valence-electron chi connectivity index (χ0n) is 17.9. The average Bonchev–Trinajstić information content (AvgIpc) is 3.14. The molecule has 0 aliphatic carbocycles. The molecule has 0 aliphatic heterocycles. The molecule has 0 fully saturated rings. The van der Waals surface area contributed by atoms with Crippen LogP contribution in [0.15, 0.2) is 42.5 Å². The number of hydrogen-bond acceptors (Lipinski definition) is 3. The molecule has 0 aliphatic rings. The van der Waals surface area contributed by atoms with Crippen molar-refractivity contribution in [2.24, 2.45) is 0 Å². The van der Waals surface area contributed by atoms with E-state index in [4.69, 9.17) is 11.6 Å². The Morgan fingerprint density at radius 2 is 1.45 bits per heavy atom. The molecule has 29 heavy (non-hydrogen) atoms. The molecule has 162 valence electrons. The molecule has 0 radical (unpaired) electrons. The second-order valence-corrected chi connectivity index (χ2v) is 18.0. The maximum Gasteiger partial charge on any atom is 0.108 e. The molecule has 1 unspecified atom stereocenters. The van der Waals surface area contributed by atoms with Crippen LogP contribution in [-0.4, -0.2) is 28.5 Å². The van der Waals surface area contributed by atoms with Crippen LogP contribution in [0.3, 0.4) is 0 Å². The van der Waals surface area contributed by atoms with Gasteiger partial charge in [0.15, 0.2) is 0 Å². The molecule has 3 nitrogen and oxygen atoms in total. The molecule has 0 N–H and O–H groups in total. The summed E-state index contributed by atoms with van der Waals surface area (Å²) in [7, 11) is 0. The van der Waals surface area contributed by atoms with E-state index in [0.29, 0.717) is 15.0 Å². The summed E-state index contributed by atoms with van der Waals surface area (Å²) in [4.78, 5) is 0. The number of rotatable bonds is 12. The smallest absolute Gasteiger partial charge is 0.108 e. The first-order valence-corrected chi connectivity index (χ1v) is 18.8. The van der Waals surface area contributed by atoms with Gasteiger partial charge in [0.25, 0.3) is 0 Å². The average molecular weight is 563 g/mol. The molecule has 0 spiro atoms. The van der Waals surface area contributed by atoms with Gasteiger partial charge in [-0.2, -0.15) is 0 Å². The Hall–Kier alpha value is -0.0813. The van der Waals surface area contributed by atoms with Crippen molar-refractivity contribution >= 4 is 64.7 Å². The summed E-state index contributed by atoms with van der Waals surface area (Å²) in [6.45, 7) is 7.00. The monoisotopic (exact) mass is 563 g/mol. The van der Waals surface area contributed by atoms with E-state index in [9.17, 15) is 8.76 Å². The summed E-state index contributed by atoms with van der Waals surface area (Å²) in [5.41, 5.74) is 0.592. The largest absolute Gasteiger partial charge is 0.755 e. The number of benzene rings is 1. The van der Waals surface area contributed by atoms with Gasteiger partial charge < -0.3 is 4.55 Å². The number of thiophene rings is 1. The molecule has 1 heterocycles. The van der Waals surface area contributed by atoms with Gasteiger partial charge in [0.1, 0.15) is 5.00 Å². The quantitative estimate of drug-likeness (QED) is 0.193. The third kappa shape index (κ3) is 11.2. The fourth-order valence-electron chi connectivity index (χ4n) is 2.92. The Kier molecular flexibility index (Phi) is 15.4. The Morgan fingerprint density at radius 3 is 1.83 bits per heavy atom. The van der Waals surface area contributed by atoms with Crippen molar-refractivity contribution in [3.8, 4) is 0 Å². The molecule has 0 amide bonds. The Balaban J connectivity index is 0.000000298. The number of para-hydroxylation sites is 1. The van der Waals surface area contributed by atoms with Gasteiger partial charge in [0.2, 0.25) is 0 Å².